The molecule has 1 aliphatic rings. The molecule has 4 nitrogen and oxygen atoms in total. The Morgan fingerprint density at radius 3 is 3.00 bits per heavy atom. The van der Waals surface area contributed by atoms with Crippen molar-refractivity contribution in [2.75, 3.05) is 6.54 Å². The summed E-state index contributed by atoms with van der Waals surface area (Å²) in [7, 11) is 0. The molecular weight excluding hydrogens is 190 g/mol. The summed E-state index contributed by atoms with van der Waals surface area (Å²) in [6, 6.07) is 5.37. The SMILES string of the molecule is NC(CNC(=O)c1ccccn1)C1CC1. The van der Waals surface area contributed by atoms with Gasteiger partial charge in [-0.3, -0.25) is 9.78 Å². The first-order chi connectivity index (χ1) is 7.27. The Kier molecular flexibility index (Phi) is 2.97. The Balaban J connectivity index is 1.82. The lowest BCUT2D eigenvalue weighted by molar-refractivity contribution is 0.0945. The summed E-state index contributed by atoms with van der Waals surface area (Å²) in [5.41, 5.74) is 6.32. The Labute approximate surface area is 88.9 Å². The van der Waals surface area contributed by atoms with Gasteiger partial charge in [-0.1, -0.05) is 6.07 Å². The van der Waals surface area contributed by atoms with Crippen molar-refractivity contribution in [3.8, 4) is 0 Å². The minimum atomic E-state index is -0.147. The molecule has 1 aromatic heterocycles. The number of nitrogens with two attached hydrogens (primary N) is 1. The molecule has 0 aromatic carbocycles. The summed E-state index contributed by atoms with van der Waals surface area (Å²) < 4.78 is 0. The van der Waals surface area contributed by atoms with E-state index in [1.807, 2.05) is 0 Å². The Bertz CT molecular complexity index is 335. The third-order valence-electron chi connectivity index (χ3n) is 2.62. The highest BCUT2D eigenvalue weighted by Crippen LogP contribution is 2.31. The fraction of sp³-hybridized carbons (Fsp3) is 0.455. The van der Waals surface area contributed by atoms with Crippen molar-refractivity contribution in [2.24, 2.45) is 11.7 Å². The second-order valence-electron chi connectivity index (χ2n) is 3.93. The zero-order chi connectivity index (χ0) is 10.7. The lowest BCUT2D eigenvalue weighted by Gasteiger charge is -2.10. The van der Waals surface area contributed by atoms with Gasteiger partial charge in [-0.05, 0) is 30.9 Å². The van der Waals surface area contributed by atoms with Crippen molar-refractivity contribution in [3.63, 3.8) is 0 Å². The van der Waals surface area contributed by atoms with Crippen LogP contribution in [0.5, 0.6) is 0 Å². The number of nitrogens with zero attached hydrogens (tertiary/aromatic N) is 1. The predicted octanol–water partition coefficient (Wildman–Crippen LogP) is 0.549. The van der Waals surface area contributed by atoms with Crippen LogP contribution in [-0.2, 0) is 0 Å². The van der Waals surface area contributed by atoms with Gasteiger partial charge in [0, 0.05) is 18.8 Å². The van der Waals surface area contributed by atoms with Crippen LogP contribution in [0.4, 0.5) is 0 Å². The molecule has 0 aliphatic heterocycles. The average molecular weight is 205 g/mol. The molecule has 1 aliphatic carbocycles. The van der Waals surface area contributed by atoms with Gasteiger partial charge in [0.05, 0.1) is 0 Å². The van der Waals surface area contributed by atoms with Crippen LogP contribution in [-0.4, -0.2) is 23.5 Å². The molecule has 1 saturated carbocycles. The first-order valence-corrected chi connectivity index (χ1v) is 5.22. The molecule has 0 bridgehead atoms. The topological polar surface area (TPSA) is 68.0 Å². The highest BCUT2D eigenvalue weighted by atomic mass is 16.1. The molecule has 0 saturated heterocycles. The van der Waals surface area contributed by atoms with Crippen molar-refractivity contribution in [2.45, 2.75) is 18.9 Å². The monoisotopic (exact) mass is 205 g/mol. The van der Waals surface area contributed by atoms with Gasteiger partial charge in [-0.2, -0.15) is 0 Å². The van der Waals surface area contributed by atoms with Crippen molar-refractivity contribution in [1.82, 2.24) is 10.3 Å². The fourth-order valence-corrected chi connectivity index (χ4v) is 1.49. The van der Waals surface area contributed by atoms with E-state index in [4.69, 9.17) is 5.73 Å². The smallest absolute Gasteiger partial charge is 0.269 e. The van der Waals surface area contributed by atoms with E-state index < -0.39 is 0 Å². The normalized spacial score (nSPS) is 17.1. The van der Waals surface area contributed by atoms with E-state index >= 15 is 0 Å². The highest BCUT2D eigenvalue weighted by molar-refractivity contribution is 5.92. The second-order valence-corrected chi connectivity index (χ2v) is 3.93. The summed E-state index contributed by atoms with van der Waals surface area (Å²) in [6.07, 6.45) is 4.00. The summed E-state index contributed by atoms with van der Waals surface area (Å²) in [6.45, 7) is 0.542. The summed E-state index contributed by atoms with van der Waals surface area (Å²) in [5.74, 6) is 0.459. The Morgan fingerprint density at radius 1 is 1.60 bits per heavy atom. The van der Waals surface area contributed by atoms with E-state index in [-0.39, 0.29) is 11.9 Å². The number of aromatic nitrogens is 1. The lowest BCUT2D eigenvalue weighted by atomic mass is 10.2. The number of rotatable bonds is 4. The number of pyridine rings is 1. The first kappa shape index (κ1) is 10.1. The predicted molar refractivity (Wildman–Crippen MR) is 57.3 cm³/mol. The van der Waals surface area contributed by atoms with Gasteiger partial charge in [0.15, 0.2) is 0 Å². The maximum Gasteiger partial charge on any atom is 0.269 e. The minimum absolute atomic E-state index is 0.0951. The molecule has 2 rings (SSSR count). The van der Waals surface area contributed by atoms with Crippen LogP contribution < -0.4 is 11.1 Å². The van der Waals surface area contributed by atoms with Gasteiger partial charge in [0.2, 0.25) is 0 Å². The van der Waals surface area contributed by atoms with E-state index in [1.165, 1.54) is 12.8 Å². The van der Waals surface area contributed by atoms with Crippen LogP contribution in [0.25, 0.3) is 0 Å². The molecule has 1 atom stereocenters. The Morgan fingerprint density at radius 2 is 2.40 bits per heavy atom. The third-order valence-corrected chi connectivity index (χ3v) is 2.62. The van der Waals surface area contributed by atoms with E-state index in [1.54, 1.807) is 24.4 Å². The summed E-state index contributed by atoms with van der Waals surface area (Å²) >= 11 is 0. The Hall–Kier alpha value is -1.42. The molecule has 80 valence electrons. The van der Waals surface area contributed by atoms with Crippen LogP contribution in [0, 0.1) is 5.92 Å². The molecule has 1 fully saturated rings. The number of hydrogen-bond acceptors (Lipinski definition) is 3. The van der Waals surface area contributed by atoms with Crippen LogP contribution in [0.3, 0.4) is 0 Å². The number of carbonyl (C=O) groups is 1. The molecule has 1 unspecified atom stereocenters. The second kappa shape index (κ2) is 4.40. The zero-order valence-corrected chi connectivity index (χ0v) is 8.52. The molecule has 15 heavy (non-hydrogen) atoms. The molecule has 3 N–H and O–H groups in total. The minimum Gasteiger partial charge on any atom is -0.349 e. The molecule has 1 aromatic rings. The molecule has 0 radical (unpaired) electrons. The maximum absolute atomic E-state index is 11.6. The first-order valence-electron chi connectivity index (χ1n) is 5.22. The number of amides is 1. The van der Waals surface area contributed by atoms with E-state index in [9.17, 15) is 4.79 Å². The van der Waals surface area contributed by atoms with Crippen molar-refractivity contribution >= 4 is 5.91 Å². The molecule has 1 amide bonds. The zero-order valence-electron chi connectivity index (χ0n) is 8.52. The van der Waals surface area contributed by atoms with Crippen LogP contribution in [0.15, 0.2) is 24.4 Å². The molecule has 0 spiro atoms. The third kappa shape index (κ3) is 2.76. The van der Waals surface area contributed by atoms with Gasteiger partial charge in [0.1, 0.15) is 5.69 Å². The largest absolute Gasteiger partial charge is 0.349 e. The van der Waals surface area contributed by atoms with E-state index in [2.05, 4.69) is 10.3 Å². The number of hydrogen-bond donors (Lipinski definition) is 2. The average Bonchev–Trinajstić information content (AvgIpc) is 3.10. The van der Waals surface area contributed by atoms with Crippen LogP contribution >= 0.6 is 0 Å². The fourth-order valence-electron chi connectivity index (χ4n) is 1.49. The van der Waals surface area contributed by atoms with Crippen LogP contribution in [0.2, 0.25) is 0 Å². The number of nitrogens with one attached hydrogen (secondary N) is 1. The summed E-state index contributed by atoms with van der Waals surface area (Å²) in [5, 5.41) is 2.79. The molecule has 4 heteroatoms. The quantitative estimate of drug-likeness (QED) is 0.754. The highest BCUT2D eigenvalue weighted by Gasteiger charge is 2.28. The van der Waals surface area contributed by atoms with Gasteiger partial charge in [-0.15, -0.1) is 0 Å². The molecule has 1 heterocycles. The maximum atomic E-state index is 11.6. The standard InChI is InChI=1S/C11H15N3O/c12-9(8-4-5-8)7-14-11(15)10-3-1-2-6-13-10/h1-3,6,8-9H,4-5,7,12H2,(H,14,15). The van der Waals surface area contributed by atoms with Gasteiger partial charge < -0.3 is 11.1 Å². The van der Waals surface area contributed by atoms with Gasteiger partial charge in [-0.25, -0.2) is 0 Å². The number of carbonyl (C=O) groups excluding carboxylic acids is 1. The van der Waals surface area contributed by atoms with Crippen LogP contribution in [0.1, 0.15) is 23.3 Å². The van der Waals surface area contributed by atoms with Gasteiger partial charge in [0.25, 0.3) is 5.91 Å². The van der Waals surface area contributed by atoms with Crippen molar-refractivity contribution in [3.05, 3.63) is 30.1 Å². The summed E-state index contributed by atoms with van der Waals surface area (Å²) in [4.78, 5) is 15.5. The van der Waals surface area contributed by atoms with Crippen molar-refractivity contribution in [1.29, 1.82) is 0 Å². The van der Waals surface area contributed by atoms with Crippen molar-refractivity contribution < 1.29 is 4.79 Å². The lowest BCUT2D eigenvalue weighted by Crippen LogP contribution is -2.38. The molecular formula is C11H15N3O. The van der Waals surface area contributed by atoms with Gasteiger partial charge >= 0.3 is 0 Å². The van der Waals surface area contributed by atoms with E-state index in [0.717, 1.165) is 0 Å². The van der Waals surface area contributed by atoms with E-state index in [0.29, 0.717) is 18.2 Å².